The van der Waals surface area contributed by atoms with E-state index in [1.807, 2.05) is 4.90 Å². The van der Waals surface area contributed by atoms with Gasteiger partial charge in [0, 0.05) is 25.5 Å². The third-order valence-electron chi connectivity index (χ3n) is 2.64. The number of nitrogens with zero attached hydrogens (tertiary/aromatic N) is 3. The number of anilines is 1. The lowest BCUT2D eigenvalue weighted by molar-refractivity contribution is 0.564. The van der Waals surface area contributed by atoms with Gasteiger partial charge in [0.25, 0.3) is 0 Å². The lowest BCUT2D eigenvalue weighted by Gasteiger charge is -2.26. The predicted molar refractivity (Wildman–Crippen MR) is 61.2 cm³/mol. The molecule has 0 radical (unpaired) electrons. The number of sulfone groups is 1. The number of hydrogen-bond acceptors (Lipinski definition) is 5. The SMILES string of the molecule is CS(=O)(=O)c1ccnc(N2CCCCC2)n1. The number of rotatable bonds is 2. The molecule has 0 saturated carbocycles. The van der Waals surface area contributed by atoms with E-state index in [0.29, 0.717) is 5.95 Å². The first-order chi connectivity index (χ1) is 7.57. The minimum Gasteiger partial charge on any atom is -0.341 e. The molecule has 1 aliphatic heterocycles. The first-order valence-corrected chi connectivity index (χ1v) is 7.24. The minimum atomic E-state index is -3.24. The summed E-state index contributed by atoms with van der Waals surface area (Å²) in [6.07, 6.45) is 6.13. The van der Waals surface area contributed by atoms with Crippen molar-refractivity contribution in [3.8, 4) is 0 Å². The smallest absolute Gasteiger partial charge is 0.226 e. The molecule has 1 aliphatic rings. The fourth-order valence-electron chi connectivity index (χ4n) is 1.79. The molecular formula is C10H15N3O2S. The van der Waals surface area contributed by atoms with Crippen molar-refractivity contribution in [2.24, 2.45) is 0 Å². The van der Waals surface area contributed by atoms with Crippen LogP contribution in [0.4, 0.5) is 5.95 Å². The lowest BCUT2D eigenvalue weighted by atomic mass is 10.1. The minimum absolute atomic E-state index is 0.100. The van der Waals surface area contributed by atoms with Gasteiger partial charge in [0.05, 0.1) is 0 Å². The highest BCUT2D eigenvalue weighted by Crippen LogP contribution is 2.16. The van der Waals surface area contributed by atoms with Crippen LogP contribution < -0.4 is 4.90 Å². The summed E-state index contributed by atoms with van der Waals surface area (Å²) in [7, 11) is -3.24. The van der Waals surface area contributed by atoms with Crippen LogP contribution in [0.15, 0.2) is 17.3 Å². The van der Waals surface area contributed by atoms with Crippen LogP contribution >= 0.6 is 0 Å². The summed E-state index contributed by atoms with van der Waals surface area (Å²) in [5.41, 5.74) is 0. The van der Waals surface area contributed by atoms with E-state index >= 15 is 0 Å². The molecule has 6 heteroatoms. The Bertz CT molecular complexity index is 467. The zero-order valence-corrected chi connectivity index (χ0v) is 10.1. The zero-order valence-electron chi connectivity index (χ0n) is 9.26. The highest BCUT2D eigenvalue weighted by Gasteiger charge is 2.16. The van der Waals surface area contributed by atoms with Gasteiger partial charge >= 0.3 is 0 Å². The summed E-state index contributed by atoms with van der Waals surface area (Å²) >= 11 is 0. The molecule has 1 fully saturated rings. The average molecular weight is 241 g/mol. The van der Waals surface area contributed by atoms with E-state index in [1.54, 1.807) is 0 Å². The van der Waals surface area contributed by atoms with Crippen LogP contribution in [0.5, 0.6) is 0 Å². The van der Waals surface area contributed by atoms with Crippen molar-refractivity contribution in [2.45, 2.75) is 24.3 Å². The molecule has 2 heterocycles. The van der Waals surface area contributed by atoms with Gasteiger partial charge in [-0.1, -0.05) is 0 Å². The Morgan fingerprint density at radius 3 is 2.56 bits per heavy atom. The van der Waals surface area contributed by atoms with Crippen LogP contribution in [0.2, 0.25) is 0 Å². The Balaban J connectivity index is 2.28. The molecule has 0 N–H and O–H groups in total. The van der Waals surface area contributed by atoms with Gasteiger partial charge in [0.15, 0.2) is 14.9 Å². The van der Waals surface area contributed by atoms with Crippen molar-refractivity contribution in [2.75, 3.05) is 24.2 Å². The maximum absolute atomic E-state index is 11.4. The molecule has 0 atom stereocenters. The Labute approximate surface area is 95.4 Å². The summed E-state index contributed by atoms with van der Waals surface area (Å²) in [5.74, 6) is 0.530. The molecule has 1 aromatic heterocycles. The van der Waals surface area contributed by atoms with Gasteiger partial charge in [0.1, 0.15) is 0 Å². The molecule has 5 nitrogen and oxygen atoms in total. The first-order valence-electron chi connectivity index (χ1n) is 5.35. The second-order valence-electron chi connectivity index (χ2n) is 4.01. The molecule has 0 bridgehead atoms. The van der Waals surface area contributed by atoms with E-state index in [1.165, 1.54) is 18.7 Å². The fraction of sp³-hybridized carbons (Fsp3) is 0.600. The molecule has 1 aromatic rings. The van der Waals surface area contributed by atoms with Crippen LogP contribution in [0.25, 0.3) is 0 Å². The van der Waals surface area contributed by atoms with E-state index in [-0.39, 0.29) is 5.03 Å². The molecule has 0 amide bonds. The van der Waals surface area contributed by atoms with Crippen molar-refractivity contribution in [3.05, 3.63) is 12.3 Å². The van der Waals surface area contributed by atoms with E-state index in [9.17, 15) is 8.42 Å². The van der Waals surface area contributed by atoms with Gasteiger partial charge in [-0.15, -0.1) is 0 Å². The third-order valence-corrected chi connectivity index (χ3v) is 3.62. The third kappa shape index (κ3) is 2.49. The van der Waals surface area contributed by atoms with E-state index < -0.39 is 9.84 Å². The van der Waals surface area contributed by atoms with Crippen molar-refractivity contribution >= 4 is 15.8 Å². The summed E-state index contributed by atoms with van der Waals surface area (Å²) in [5, 5.41) is 0.100. The van der Waals surface area contributed by atoms with E-state index in [0.717, 1.165) is 32.2 Å². The standard InChI is InChI=1S/C10H15N3O2S/c1-16(14,15)9-5-6-11-10(12-9)13-7-3-2-4-8-13/h5-6H,2-4,7-8H2,1H3. The predicted octanol–water partition coefficient (Wildman–Crippen LogP) is 0.870. The molecule has 0 aliphatic carbocycles. The van der Waals surface area contributed by atoms with Gasteiger partial charge in [-0.2, -0.15) is 0 Å². The Hall–Kier alpha value is -1.17. The van der Waals surface area contributed by atoms with Crippen LogP contribution in [-0.2, 0) is 9.84 Å². The van der Waals surface area contributed by atoms with Crippen molar-refractivity contribution in [1.82, 2.24) is 9.97 Å². The van der Waals surface area contributed by atoms with Gasteiger partial charge in [0.2, 0.25) is 5.95 Å². The Morgan fingerprint density at radius 2 is 1.94 bits per heavy atom. The summed E-state index contributed by atoms with van der Waals surface area (Å²) in [6, 6.07) is 1.43. The second kappa shape index (κ2) is 4.37. The van der Waals surface area contributed by atoms with Crippen LogP contribution in [-0.4, -0.2) is 37.7 Å². The Kier molecular flexibility index (Phi) is 3.09. The largest absolute Gasteiger partial charge is 0.341 e. The number of hydrogen-bond donors (Lipinski definition) is 0. The number of piperidine rings is 1. The van der Waals surface area contributed by atoms with E-state index in [4.69, 9.17) is 0 Å². The molecule has 0 unspecified atom stereocenters. The molecular weight excluding hydrogens is 226 g/mol. The maximum atomic E-state index is 11.4. The van der Waals surface area contributed by atoms with Gasteiger partial charge in [-0.3, -0.25) is 0 Å². The van der Waals surface area contributed by atoms with Crippen molar-refractivity contribution < 1.29 is 8.42 Å². The topological polar surface area (TPSA) is 63.2 Å². The fourth-order valence-corrected chi connectivity index (χ4v) is 2.34. The quantitative estimate of drug-likeness (QED) is 0.719. The van der Waals surface area contributed by atoms with Crippen molar-refractivity contribution in [1.29, 1.82) is 0 Å². The monoisotopic (exact) mass is 241 g/mol. The molecule has 0 aromatic carbocycles. The molecule has 1 saturated heterocycles. The highest BCUT2D eigenvalue weighted by molar-refractivity contribution is 7.90. The normalized spacial score (nSPS) is 17.4. The lowest BCUT2D eigenvalue weighted by Crippen LogP contribution is -2.31. The molecule has 16 heavy (non-hydrogen) atoms. The van der Waals surface area contributed by atoms with Gasteiger partial charge in [-0.05, 0) is 25.3 Å². The van der Waals surface area contributed by atoms with Crippen molar-refractivity contribution in [3.63, 3.8) is 0 Å². The summed E-state index contributed by atoms with van der Waals surface area (Å²) in [6.45, 7) is 1.82. The van der Waals surface area contributed by atoms with Gasteiger partial charge < -0.3 is 4.90 Å². The summed E-state index contributed by atoms with van der Waals surface area (Å²) in [4.78, 5) is 10.3. The molecule has 2 rings (SSSR count). The second-order valence-corrected chi connectivity index (χ2v) is 5.98. The van der Waals surface area contributed by atoms with Crippen LogP contribution in [0.3, 0.4) is 0 Å². The van der Waals surface area contributed by atoms with Crippen LogP contribution in [0, 0.1) is 0 Å². The summed E-state index contributed by atoms with van der Waals surface area (Å²) < 4.78 is 22.7. The van der Waals surface area contributed by atoms with Gasteiger partial charge in [-0.25, -0.2) is 18.4 Å². The molecule has 88 valence electrons. The average Bonchev–Trinajstić information content (AvgIpc) is 2.29. The first kappa shape index (κ1) is 11.3. The van der Waals surface area contributed by atoms with Crippen LogP contribution in [0.1, 0.15) is 19.3 Å². The number of aromatic nitrogens is 2. The maximum Gasteiger partial charge on any atom is 0.226 e. The molecule has 0 spiro atoms. The highest BCUT2D eigenvalue weighted by atomic mass is 32.2. The zero-order chi connectivity index (χ0) is 11.6. The van der Waals surface area contributed by atoms with E-state index in [2.05, 4.69) is 9.97 Å². The Morgan fingerprint density at radius 1 is 1.25 bits per heavy atom.